The number of piperidine rings is 1. The van der Waals surface area contributed by atoms with Gasteiger partial charge in [0.15, 0.2) is 0 Å². The first kappa shape index (κ1) is 16.7. The number of nitrogens with zero attached hydrogens (tertiary/aromatic N) is 3. The lowest BCUT2D eigenvalue weighted by Gasteiger charge is -2.32. The summed E-state index contributed by atoms with van der Waals surface area (Å²) < 4.78 is 5.91. The molecule has 24 heavy (non-hydrogen) atoms. The van der Waals surface area contributed by atoms with Crippen molar-refractivity contribution < 1.29 is 9.53 Å². The molecule has 0 spiro atoms. The van der Waals surface area contributed by atoms with Crippen molar-refractivity contribution in [2.24, 2.45) is 0 Å². The molecule has 1 atom stereocenters. The zero-order valence-electron chi connectivity index (χ0n) is 13.8. The summed E-state index contributed by atoms with van der Waals surface area (Å²) in [6.07, 6.45) is 1.68. The van der Waals surface area contributed by atoms with Crippen LogP contribution < -0.4 is 4.74 Å². The molecule has 2 aromatic rings. The van der Waals surface area contributed by atoms with Gasteiger partial charge in [-0.25, -0.2) is 9.97 Å². The highest BCUT2D eigenvalue weighted by Gasteiger charge is 2.26. The summed E-state index contributed by atoms with van der Waals surface area (Å²) in [5, 5.41) is 0.564. The Kier molecular flexibility index (Phi) is 5.00. The van der Waals surface area contributed by atoms with Gasteiger partial charge in [0.05, 0.1) is 6.54 Å². The topological polar surface area (TPSA) is 55.3 Å². The maximum atomic E-state index is 12.6. The standard InChI is InChI=1S/C18H20ClN3O2/c1-12-9-13(2)21-18(20-12)24-16-7-4-8-22(11-16)17(23)14-5-3-6-15(19)10-14/h3,5-6,9-10,16H,4,7-8,11H2,1-2H3/t16-/m0/s1. The predicted octanol–water partition coefficient (Wildman–Crippen LogP) is 3.43. The number of carbonyl (C=O) groups is 1. The number of carbonyl (C=O) groups excluding carboxylic acids is 1. The number of ether oxygens (including phenoxy) is 1. The second-order valence-corrected chi connectivity index (χ2v) is 6.51. The molecular weight excluding hydrogens is 326 g/mol. The van der Waals surface area contributed by atoms with E-state index in [1.54, 1.807) is 24.3 Å². The van der Waals surface area contributed by atoms with Gasteiger partial charge < -0.3 is 9.64 Å². The van der Waals surface area contributed by atoms with Crippen molar-refractivity contribution in [1.82, 2.24) is 14.9 Å². The average molecular weight is 346 g/mol. The normalized spacial score (nSPS) is 17.6. The highest BCUT2D eigenvalue weighted by molar-refractivity contribution is 6.30. The fraction of sp³-hybridized carbons (Fsp3) is 0.389. The molecule has 1 aromatic heterocycles. The molecule has 1 fully saturated rings. The van der Waals surface area contributed by atoms with Crippen LogP contribution in [0.15, 0.2) is 30.3 Å². The van der Waals surface area contributed by atoms with Gasteiger partial charge in [0, 0.05) is 28.5 Å². The Bertz CT molecular complexity index is 731. The van der Waals surface area contributed by atoms with Gasteiger partial charge in [-0.3, -0.25) is 4.79 Å². The van der Waals surface area contributed by atoms with Crippen molar-refractivity contribution >= 4 is 17.5 Å². The van der Waals surface area contributed by atoms with Crippen molar-refractivity contribution in [3.63, 3.8) is 0 Å². The lowest BCUT2D eigenvalue weighted by molar-refractivity contribution is 0.0515. The maximum absolute atomic E-state index is 12.6. The zero-order chi connectivity index (χ0) is 17.1. The molecule has 0 radical (unpaired) electrons. The third-order valence-corrected chi connectivity index (χ3v) is 4.21. The van der Waals surface area contributed by atoms with Crippen molar-refractivity contribution in [1.29, 1.82) is 0 Å². The first-order valence-electron chi connectivity index (χ1n) is 8.05. The molecule has 0 bridgehead atoms. The molecule has 0 unspecified atom stereocenters. The van der Waals surface area contributed by atoms with E-state index >= 15 is 0 Å². The Morgan fingerprint density at radius 3 is 2.71 bits per heavy atom. The Morgan fingerprint density at radius 1 is 1.25 bits per heavy atom. The summed E-state index contributed by atoms with van der Waals surface area (Å²) >= 11 is 5.98. The van der Waals surface area contributed by atoms with Crippen LogP contribution >= 0.6 is 11.6 Å². The average Bonchev–Trinajstić information content (AvgIpc) is 2.53. The highest BCUT2D eigenvalue weighted by Crippen LogP contribution is 2.19. The third-order valence-electron chi connectivity index (χ3n) is 3.97. The summed E-state index contributed by atoms with van der Waals surface area (Å²) in [5.74, 6) is -0.0212. The SMILES string of the molecule is Cc1cc(C)nc(O[C@H]2CCCN(C(=O)c3cccc(Cl)c3)C2)n1. The molecule has 1 aliphatic rings. The van der Waals surface area contributed by atoms with Crippen LogP contribution in [0.1, 0.15) is 34.6 Å². The fourth-order valence-electron chi connectivity index (χ4n) is 2.92. The molecule has 5 nitrogen and oxygen atoms in total. The number of aromatic nitrogens is 2. The Labute approximate surface area is 146 Å². The van der Waals surface area contributed by atoms with E-state index < -0.39 is 0 Å². The molecule has 6 heteroatoms. The molecule has 1 aliphatic heterocycles. The van der Waals surface area contributed by atoms with Gasteiger partial charge >= 0.3 is 6.01 Å². The Morgan fingerprint density at radius 2 is 2.00 bits per heavy atom. The monoisotopic (exact) mass is 345 g/mol. The molecule has 1 saturated heterocycles. The molecule has 0 aliphatic carbocycles. The summed E-state index contributed by atoms with van der Waals surface area (Å²) in [6, 6.07) is 9.32. The van der Waals surface area contributed by atoms with Crippen LogP contribution in [0.5, 0.6) is 6.01 Å². The number of aryl methyl sites for hydroxylation is 2. The van der Waals surface area contributed by atoms with Crippen LogP contribution in [0.2, 0.25) is 5.02 Å². The number of hydrogen-bond acceptors (Lipinski definition) is 4. The van der Waals surface area contributed by atoms with Gasteiger partial charge in [-0.2, -0.15) is 0 Å². The summed E-state index contributed by atoms with van der Waals surface area (Å²) in [5.41, 5.74) is 2.35. The molecule has 1 amide bonds. The van der Waals surface area contributed by atoms with E-state index in [0.717, 1.165) is 30.8 Å². The second-order valence-electron chi connectivity index (χ2n) is 6.08. The van der Waals surface area contributed by atoms with E-state index in [2.05, 4.69) is 9.97 Å². The molecule has 126 valence electrons. The Hall–Kier alpha value is -2.14. The van der Waals surface area contributed by atoms with Gasteiger partial charge in [-0.1, -0.05) is 17.7 Å². The molecule has 3 rings (SSSR count). The number of halogens is 1. The van der Waals surface area contributed by atoms with Gasteiger partial charge in [0.2, 0.25) is 0 Å². The van der Waals surface area contributed by atoms with Crippen molar-refractivity contribution in [2.75, 3.05) is 13.1 Å². The van der Waals surface area contributed by atoms with Crippen LogP contribution in [-0.2, 0) is 0 Å². The molecule has 1 aromatic carbocycles. The van der Waals surface area contributed by atoms with E-state index in [0.29, 0.717) is 23.1 Å². The summed E-state index contributed by atoms with van der Waals surface area (Å²) in [7, 11) is 0. The zero-order valence-corrected chi connectivity index (χ0v) is 14.6. The van der Waals surface area contributed by atoms with Crippen LogP contribution in [-0.4, -0.2) is 40.0 Å². The van der Waals surface area contributed by atoms with Crippen LogP contribution in [0.4, 0.5) is 0 Å². The van der Waals surface area contributed by atoms with Gasteiger partial charge in [0.1, 0.15) is 6.10 Å². The number of hydrogen-bond donors (Lipinski definition) is 0. The van der Waals surface area contributed by atoms with Gasteiger partial charge in [-0.05, 0) is 51.0 Å². The lowest BCUT2D eigenvalue weighted by atomic mass is 10.1. The predicted molar refractivity (Wildman–Crippen MR) is 92.5 cm³/mol. The largest absolute Gasteiger partial charge is 0.458 e. The lowest BCUT2D eigenvalue weighted by Crippen LogP contribution is -2.44. The highest BCUT2D eigenvalue weighted by atomic mass is 35.5. The smallest absolute Gasteiger partial charge is 0.317 e. The molecule has 2 heterocycles. The van der Waals surface area contributed by atoms with E-state index in [1.165, 1.54) is 0 Å². The molecule has 0 saturated carbocycles. The van der Waals surface area contributed by atoms with Crippen LogP contribution in [0.25, 0.3) is 0 Å². The number of amides is 1. The van der Waals surface area contributed by atoms with Gasteiger partial charge in [-0.15, -0.1) is 0 Å². The van der Waals surface area contributed by atoms with E-state index in [-0.39, 0.29) is 12.0 Å². The van der Waals surface area contributed by atoms with Crippen LogP contribution in [0.3, 0.4) is 0 Å². The molecular formula is C18H20ClN3O2. The summed E-state index contributed by atoms with van der Waals surface area (Å²) in [6.45, 7) is 5.08. The van der Waals surface area contributed by atoms with Crippen molar-refractivity contribution in [3.05, 3.63) is 52.3 Å². The second kappa shape index (κ2) is 7.18. The van der Waals surface area contributed by atoms with Gasteiger partial charge in [0.25, 0.3) is 5.91 Å². The van der Waals surface area contributed by atoms with E-state index in [4.69, 9.17) is 16.3 Å². The maximum Gasteiger partial charge on any atom is 0.317 e. The first-order valence-corrected chi connectivity index (χ1v) is 8.43. The molecule has 0 N–H and O–H groups in total. The number of likely N-dealkylation sites (tertiary alicyclic amines) is 1. The van der Waals surface area contributed by atoms with E-state index in [9.17, 15) is 4.79 Å². The third kappa shape index (κ3) is 4.03. The Balaban J connectivity index is 1.69. The van der Waals surface area contributed by atoms with Crippen molar-refractivity contribution in [2.45, 2.75) is 32.8 Å². The minimum Gasteiger partial charge on any atom is -0.458 e. The van der Waals surface area contributed by atoms with Crippen molar-refractivity contribution in [3.8, 4) is 6.01 Å². The van der Waals surface area contributed by atoms with E-state index in [1.807, 2.05) is 24.8 Å². The number of benzene rings is 1. The minimum absolute atomic E-state index is 0.0212. The first-order chi connectivity index (χ1) is 11.5. The fourth-order valence-corrected chi connectivity index (χ4v) is 3.11. The quantitative estimate of drug-likeness (QED) is 0.855. The summed E-state index contributed by atoms with van der Waals surface area (Å²) in [4.78, 5) is 23.1. The number of rotatable bonds is 3. The van der Waals surface area contributed by atoms with Crippen LogP contribution in [0, 0.1) is 13.8 Å². The minimum atomic E-state index is -0.0944.